The lowest BCUT2D eigenvalue weighted by molar-refractivity contribution is 0.0532. The molecule has 1 saturated carbocycles. The van der Waals surface area contributed by atoms with Crippen LogP contribution in [0.2, 0.25) is 0 Å². The van der Waals surface area contributed by atoms with Gasteiger partial charge in [0.1, 0.15) is 0 Å². The van der Waals surface area contributed by atoms with Crippen molar-refractivity contribution < 1.29 is 13.5 Å². The van der Waals surface area contributed by atoms with E-state index >= 15 is 0 Å². The lowest BCUT2D eigenvalue weighted by atomic mass is 10.0. The van der Waals surface area contributed by atoms with E-state index in [2.05, 4.69) is 4.72 Å². The van der Waals surface area contributed by atoms with Crippen molar-refractivity contribution in [3.05, 3.63) is 0 Å². The smallest absolute Gasteiger partial charge is 0.211 e. The van der Waals surface area contributed by atoms with Crippen LogP contribution < -0.4 is 4.72 Å². The van der Waals surface area contributed by atoms with Crippen molar-refractivity contribution in [2.45, 2.75) is 44.6 Å². The Morgan fingerprint density at radius 3 is 2.43 bits per heavy atom. The zero-order valence-corrected chi connectivity index (χ0v) is 9.44. The SMILES string of the molecule is CCCS(=O)(=O)NCC1(O)CCCC1. The van der Waals surface area contributed by atoms with Gasteiger partial charge in [-0.05, 0) is 19.3 Å². The molecule has 0 aromatic carbocycles. The Morgan fingerprint density at radius 1 is 1.36 bits per heavy atom. The molecule has 2 N–H and O–H groups in total. The molecule has 0 spiro atoms. The number of hydrogen-bond donors (Lipinski definition) is 2. The summed E-state index contributed by atoms with van der Waals surface area (Å²) in [5.41, 5.74) is -0.791. The molecule has 0 aliphatic heterocycles. The van der Waals surface area contributed by atoms with E-state index in [1.54, 1.807) is 0 Å². The van der Waals surface area contributed by atoms with Gasteiger partial charge in [-0.3, -0.25) is 0 Å². The molecule has 0 atom stereocenters. The zero-order chi connectivity index (χ0) is 10.7. The van der Waals surface area contributed by atoms with Gasteiger partial charge in [-0.2, -0.15) is 0 Å². The molecule has 1 aliphatic carbocycles. The van der Waals surface area contributed by atoms with E-state index in [1.807, 2.05) is 6.92 Å². The Labute approximate surface area is 85.8 Å². The van der Waals surface area contributed by atoms with E-state index in [-0.39, 0.29) is 12.3 Å². The molecule has 0 heterocycles. The topological polar surface area (TPSA) is 66.4 Å². The van der Waals surface area contributed by atoms with Crippen LogP contribution in [-0.4, -0.2) is 31.4 Å². The zero-order valence-electron chi connectivity index (χ0n) is 8.62. The van der Waals surface area contributed by atoms with Gasteiger partial charge in [-0.15, -0.1) is 0 Å². The second-order valence-electron chi connectivity index (χ2n) is 4.07. The molecule has 0 unspecified atom stereocenters. The molecular formula is C9H19NO3S. The van der Waals surface area contributed by atoms with Crippen molar-refractivity contribution in [2.24, 2.45) is 0 Å². The van der Waals surface area contributed by atoms with Crippen LogP contribution >= 0.6 is 0 Å². The molecule has 5 heteroatoms. The van der Waals surface area contributed by atoms with Crippen molar-refractivity contribution in [1.82, 2.24) is 4.72 Å². The van der Waals surface area contributed by atoms with E-state index in [4.69, 9.17) is 0 Å². The molecule has 0 aromatic rings. The first-order valence-corrected chi connectivity index (χ1v) is 6.82. The molecular weight excluding hydrogens is 202 g/mol. The highest BCUT2D eigenvalue weighted by atomic mass is 32.2. The van der Waals surface area contributed by atoms with Gasteiger partial charge >= 0.3 is 0 Å². The lowest BCUT2D eigenvalue weighted by Gasteiger charge is -2.22. The fourth-order valence-electron chi connectivity index (χ4n) is 1.80. The van der Waals surface area contributed by atoms with E-state index in [0.29, 0.717) is 19.3 Å². The number of aliphatic hydroxyl groups is 1. The Balaban J connectivity index is 2.39. The van der Waals surface area contributed by atoms with Gasteiger partial charge in [0, 0.05) is 6.54 Å². The summed E-state index contributed by atoms with van der Waals surface area (Å²) in [6.07, 6.45) is 4.01. The van der Waals surface area contributed by atoms with Crippen molar-refractivity contribution in [3.8, 4) is 0 Å². The average molecular weight is 221 g/mol. The minimum Gasteiger partial charge on any atom is -0.389 e. The first-order chi connectivity index (χ1) is 6.47. The van der Waals surface area contributed by atoms with Crippen LogP contribution in [0.1, 0.15) is 39.0 Å². The molecule has 0 radical (unpaired) electrons. The summed E-state index contributed by atoms with van der Waals surface area (Å²) in [7, 11) is -3.17. The number of sulfonamides is 1. The third-order valence-electron chi connectivity index (χ3n) is 2.63. The van der Waals surface area contributed by atoms with Crippen molar-refractivity contribution in [3.63, 3.8) is 0 Å². The van der Waals surface area contributed by atoms with Gasteiger partial charge < -0.3 is 5.11 Å². The second kappa shape index (κ2) is 4.59. The van der Waals surface area contributed by atoms with Gasteiger partial charge in [-0.25, -0.2) is 13.1 Å². The van der Waals surface area contributed by atoms with Crippen LogP contribution in [0.4, 0.5) is 0 Å². The molecule has 0 aromatic heterocycles. The second-order valence-corrected chi connectivity index (χ2v) is 6.00. The van der Waals surface area contributed by atoms with Gasteiger partial charge in [0.2, 0.25) is 10.0 Å². The Kier molecular flexibility index (Phi) is 3.92. The molecule has 1 aliphatic rings. The van der Waals surface area contributed by atoms with E-state index in [9.17, 15) is 13.5 Å². The molecule has 1 fully saturated rings. The summed E-state index contributed by atoms with van der Waals surface area (Å²) < 4.78 is 25.1. The fourth-order valence-corrected chi connectivity index (χ4v) is 2.97. The average Bonchev–Trinajstić information content (AvgIpc) is 2.50. The van der Waals surface area contributed by atoms with Crippen molar-refractivity contribution in [2.75, 3.05) is 12.3 Å². The standard InChI is InChI=1S/C9H19NO3S/c1-2-7-14(12,13)10-8-9(11)5-3-4-6-9/h10-11H,2-8H2,1H3. The van der Waals surface area contributed by atoms with Crippen molar-refractivity contribution >= 4 is 10.0 Å². The summed E-state index contributed by atoms with van der Waals surface area (Å²) in [4.78, 5) is 0. The Morgan fingerprint density at radius 2 is 1.93 bits per heavy atom. The minimum atomic E-state index is -3.17. The maximum absolute atomic E-state index is 11.3. The summed E-state index contributed by atoms with van der Waals surface area (Å²) in [6, 6.07) is 0. The van der Waals surface area contributed by atoms with E-state index in [0.717, 1.165) is 12.8 Å². The summed E-state index contributed by atoms with van der Waals surface area (Å²) >= 11 is 0. The number of nitrogens with one attached hydrogen (secondary N) is 1. The molecule has 0 saturated heterocycles. The van der Waals surface area contributed by atoms with Gasteiger partial charge in [0.25, 0.3) is 0 Å². The van der Waals surface area contributed by atoms with Crippen LogP contribution in [0.15, 0.2) is 0 Å². The summed E-state index contributed by atoms with van der Waals surface area (Å²) in [5.74, 6) is 0.142. The fraction of sp³-hybridized carbons (Fsp3) is 1.00. The minimum absolute atomic E-state index is 0.142. The molecule has 1 rings (SSSR count). The third kappa shape index (κ3) is 3.55. The monoisotopic (exact) mass is 221 g/mol. The highest BCUT2D eigenvalue weighted by molar-refractivity contribution is 7.89. The highest BCUT2D eigenvalue weighted by Crippen LogP contribution is 2.28. The number of rotatable bonds is 5. The maximum atomic E-state index is 11.3. The van der Waals surface area contributed by atoms with Crippen LogP contribution in [0, 0.1) is 0 Å². The molecule has 0 bridgehead atoms. The first kappa shape index (κ1) is 11.9. The van der Waals surface area contributed by atoms with Gasteiger partial charge in [0.15, 0.2) is 0 Å². The van der Waals surface area contributed by atoms with Gasteiger partial charge in [-0.1, -0.05) is 19.8 Å². The van der Waals surface area contributed by atoms with Crippen LogP contribution in [0.25, 0.3) is 0 Å². The van der Waals surface area contributed by atoms with Crippen molar-refractivity contribution in [1.29, 1.82) is 0 Å². The molecule has 0 amide bonds. The predicted octanol–water partition coefficient (Wildman–Crippen LogP) is 0.621. The number of hydrogen-bond acceptors (Lipinski definition) is 3. The normalized spacial score (nSPS) is 21.3. The quantitative estimate of drug-likeness (QED) is 0.715. The lowest BCUT2D eigenvalue weighted by Crippen LogP contribution is -2.41. The Bertz CT molecular complexity index is 268. The summed E-state index contributed by atoms with van der Waals surface area (Å²) in [6.45, 7) is 2.00. The third-order valence-corrected chi connectivity index (χ3v) is 4.16. The van der Waals surface area contributed by atoms with E-state index < -0.39 is 15.6 Å². The van der Waals surface area contributed by atoms with Crippen LogP contribution in [0.5, 0.6) is 0 Å². The summed E-state index contributed by atoms with van der Waals surface area (Å²) in [5, 5.41) is 9.90. The Hall–Kier alpha value is -0.130. The maximum Gasteiger partial charge on any atom is 0.211 e. The van der Waals surface area contributed by atoms with Crippen LogP contribution in [0.3, 0.4) is 0 Å². The van der Waals surface area contributed by atoms with Gasteiger partial charge in [0.05, 0.1) is 11.4 Å². The largest absolute Gasteiger partial charge is 0.389 e. The molecule has 14 heavy (non-hydrogen) atoms. The first-order valence-electron chi connectivity index (χ1n) is 5.17. The molecule has 4 nitrogen and oxygen atoms in total. The van der Waals surface area contributed by atoms with E-state index in [1.165, 1.54) is 0 Å². The van der Waals surface area contributed by atoms with Crippen LogP contribution in [-0.2, 0) is 10.0 Å². The molecule has 84 valence electrons. The predicted molar refractivity (Wildman–Crippen MR) is 55.5 cm³/mol. The highest BCUT2D eigenvalue weighted by Gasteiger charge is 2.31.